The molecule has 0 spiro atoms. The Morgan fingerprint density at radius 1 is 1.50 bits per heavy atom. The lowest BCUT2D eigenvalue weighted by Crippen LogP contribution is -2.42. The second kappa shape index (κ2) is 6.86. The molecule has 16 heavy (non-hydrogen) atoms. The summed E-state index contributed by atoms with van der Waals surface area (Å²) in [5.41, 5.74) is 0. The van der Waals surface area contributed by atoms with E-state index in [2.05, 4.69) is 5.32 Å². The molecule has 1 aliphatic heterocycles. The minimum atomic E-state index is -0.764. The lowest BCUT2D eigenvalue weighted by molar-refractivity contribution is -0.140. The summed E-state index contributed by atoms with van der Waals surface area (Å²) in [6, 6.07) is -0.441. The van der Waals surface area contributed by atoms with Crippen LogP contribution in [0.15, 0.2) is 0 Å². The molecule has 4 nitrogen and oxygen atoms in total. The Morgan fingerprint density at radius 2 is 2.25 bits per heavy atom. The first-order valence-corrected chi connectivity index (χ1v) is 6.19. The van der Waals surface area contributed by atoms with Crippen molar-refractivity contribution in [2.45, 2.75) is 51.7 Å². The maximum atomic E-state index is 10.9. The Kier molecular flexibility index (Phi) is 5.77. The van der Waals surface area contributed by atoms with E-state index >= 15 is 0 Å². The van der Waals surface area contributed by atoms with Gasteiger partial charge in [-0.1, -0.05) is 13.8 Å². The maximum absolute atomic E-state index is 10.9. The number of aliphatic carboxylic acids is 1. The third-order valence-corrected chi connectivity index (χ3v) is 3.04. The van der Waals surface area contributed by atoms with Gasteiger partial charge in [0.25, 0.3) is 0 Å². The number of carboxylic acids is 1. The monoisotopic (exact) mass is 229 g/mol. The standard InChI is InChI=1S/C12H23NO3/c1-9(2)11(12(14)15)13-7-6-10-5-3-4-8-16-10/h9-11,13H,3-8H2,1-2H3,(H,14,15). The maximum Gasteiger partial charge on any atom is 0.320 e. The van der Waals surface area contributed by atoms with E-state index in [9.17, 15) is 4.79 Å². The largest absolute Gasteiger partial charge is 0.480 e. The van der Waals surface area contributed by atoms with E-state index in [1.165, 1.54) is 6.42 Å². The summed E-state index contributed by atoms with van der Waals surface area (Å²) in [5.74, 6) is -0.649. The van der Waals surface area contributed by atoms with Crippen LogP contribution in [0.4, 0.5) is 0 Å². The fourth-order valence-corrected chi connectivity index (χ4v) is 2.04. The van der Waals surface area contributed by atoms with Gasteiger partial charge in [-0.3, -0.25) is 4.79 Å². The molecule has 0 aliphatic carbocycles. The normalized spacial score (nSPS) is 23.3. The Balaban J connectivity index is 2.19. The van der Waals surface area contributed by atoms with Crippen LogP contribution in [0, 0.1) is 5.92 Å². The molecule has 2 atom stereocenters. The molecule has 0 aromatic rings. The van der Waals surface area contributed by atoms with Crippen LogP contribution in [0.2, 0.25) is 0 Å². The number of hydrogen-bond donors (Lipinski definition) is 2. The molecule has 94 valence electrons. The summed E-state index contributed by atoms with van der Waals surface area (Å²) in [6.07, 6.45) is 4.74. The van der Waals surface area contributed by atoms with E-state index in [-0.39, 0.29) is 5.92 Å². The number of carbonyl (C=O) groups is 1. The zero-order valence-electron chi connectivity index (χ0n) is 10.2. The molecule has 0 aromatic carbocycles. The van der Waals surface area contributed by atoms with Crippen molar-refractivity contribution in [2.75, 3.05) is 13.2 Å². The summed E-state index contributed by atoms with van der Waals surface area (Å²) in [5, 5.41) is 12.1. The zero-order valence-corrected chi connectivity index (χ0v) is 10.2. The van der Waals surface area contributed by atoms with Crippen LogP contribution in [0.3, 0.4) is 0 Å². The highest BCUT2D eigenvalue weighted by Gasteiger charge is 2.21. The molecule has 2 unspecified atom stereocenters. The smallest absolute Gasteiger partial charge is 0.320 e. The van der Waals surface area contributed by atoms with Crippen LogP contribution in [-0.4, -0.2) is 36.4 Å². The molecule has 0 saturated carbocycles. The van der Waals surface area contributed by atoms with Gasteiger partial charge in [-0.05, 0) is 38.1 Å². The highest BCUT2D eigenvalue weighted by Crippen LogP contribution is 2.15. The quantitative estimate of drug-likeness (QED) is 0.727. The van der Waals surface area contributed by atoms with E-state index in [0.29, 0.717) is 6.10 Å². The number of rotatable bonds is 6. The van der Waals surface area contributed by atoms with Crippen LogP contribution in [0.25, 0.3) is 0 Å². The molecule has 0 amide bonds. The number of ether oxygens (including phenoxy) is 1. The predicted octanol–water partition coefficient (Wildman–Crippen LogP) is 1.64. The van der Waals surface area contributed by atoms with Crippen LogP contribution >= 0.6 is 0 Å². The van der Waals surface area contributed by atoms with Crippen molar-refractivity contribution in [2.24, 2.45) is 5.92 Å². The van der Waals surface area contributed by atoms with Gasteiger partial charge in [-0.2, -0.15) is 0 Å². The van der Waals surface area contributed by atoms with Crippen molar-refractivity contribution < 1.29 is 14.6 Å². The lowest BCUT2D eigenvalue weighted by atomic mass is 10.0. The third-order valence-electron chi connectivity index (χ3n) is 3.04. The predicted molar refractivity (Wildman–Crippen MR) is 62.5 cm³/mol. The van der Waals surface area contributed by atoms with Gasteiger partial charge >= 0.3 is 5.97 Å². The number of carboxylic acid groups (broad SMARTS) is 1. The van der Waals surface area contributed by atoms with Gasteiger partial charge in [0.15, 0.2) is 0 Å². The van der Waals surface area contributed by atoms with E-state index in [1.807, 2.05) is 13.8 Å². The molecule has 1 heterocycles. The average molecular weight is 229 g/mol. The first-order chi connectivity index (χ1) is 7.61. The van der Waals surface area contributed by atoms with E-state index < -0.39 is 12.0 Å². The van der Waals surface area contributed by atoms with Crippen molar-refractivity contribution >= 4 is 5.97 Å². The van der Waals surface area contributed by atoms with Gasteiger partial charge in [0, 0.05) is 6.61 Å². The molecular weight excluding hydrogens is 206 g/mol. The molecule has 1 fully saturated rings. The van der Waals surface area contributed by atoms with Crippen molar-refractivity contribution in [1.29, 1.82) is 0 Å². The molecular formula is C12H23NO3. The fourth-order valence-electron chi connectivity index (χ4n) is 2.04. The second-order valence-corrected chi connectivity index (χ2v) is 4.79. The summed E-state index contributed by atoms with van der Waals surface area (Å²) < 4.78 is 5.59. The summed E-state index contributed by atoms with van der Waals surface area (Å²) >= 11 is 0. The Hall–Kier alpha value is -0.610. The van der Waals surface area contributed by atoms with Gasteiger partial charge < -0.3 is 15.2 Å². The van der Waals surface area contributed by atoms with Gasteiger partial charge in [-0.15, -0.1) is 0 Å². The Morgan fingerprint density at radius 3 is 2.75 bits per heavy atom. The average Bonchev–Trinajstić information content (AvgIpc) is 2.24. The minimum Gasteiger partial charge on any atom is -0.480 e. The van der Waals surface area contributed by atoms with E-state index in [1.54, 1.807) is 0 Å². The molecule has 1 aliphatic rings. The molecule has 0 radical (unpaired) electrons. The van der Waals surface area contributed by atoms with Crippen LogP contribution in [0.1, 0.15) is 39.5 Å². The van der Waals surface area contributed by atoms with Gasteiger partial charge in [-0.25, -0.2) is 0 Å². The summed E-state index contributed by atoms with van der Waals surface area (Å²) in [6.45, 7) is 5.42. The van der Waals surface area contributed by atoms with Gasteiger partial charge in [0.1, 0.15) is 6.04 Å². The Bertz CT molecular complexity index is 212. The third kappa shape index (κ3) is 4.49. The fraction of sp³-hybridized carbons (Fsp3) is 0.917. The summed E-state index contributed by atoms with van der Waals surface area (Å²) in [7, 11) is 0. The molecule has 0 bridgehead atoms. The first-order valence-electron chi connectivity index (χ1n) is 6.19. The van der Waals surface area contributed by atoms with Crippen molar-refractivity contribution in [3.63, 3.8) is 0 Å². The van der Waals surface area contributed by atoms with E-state index in [4.69, 9.17) is 9.84 Å². The minimum absolute atomic E-state index is 0.116. The summed E-state index contributed by atoms with van der Waals surface area (Å²) in [4.78, 5) is 10.9. The van der Waals surface area contributed by atoms with Crippen LogP contribution in [-0.2, 0) is 9.53 Å². The lowest BCUT2D eigenvalue weighted by Gasteiger charge is -2.24. The topological polar surface area (TPSA) is 58.6 Å². The highest BCUT2D eigenvalue weighted by molar-refractivity contribution is 5.73. The SMILES string of the molecule is CC(C)C(NCCC1CCCCO1)C(=O)O. The van der Waals surface area contributed by atoms with Crippen LogP contribution in [0.5, 0.6) is 0 Å². The van der Waals surface area contributed by atoms with Crippen molar-refractivity contribution in [3.05, 3.63) is 0 Å². The second-order valence-electron chi connectivity index (χ2n) is 4.79. The van der Waals surface area contributed by atoms with Crippen molar-refractivity contribution in [1.82, 2.24) is 5.32 Å². The zero-order chi connectivity index (χ0) is 12.0. The number of nitrogens with one attached hydrogen (secondary N) is 1. The molecule has 4 heteroatoms. The molecule has 2 N–H and O–H groups in total. The van der Waals surface area contributed by atoms with E-state index in [0.717, 1.165) is 32.4 Å². The molecule has 1 saturated heterocycles. The number of hydrogen-bond acceptors (Lipinski definition) is 3. The highest BCUT2D eigenvalue weighted by atomic mass is 16.5. The van der Waals surface area contributed by atoms with Crippen LogP contribution < -0.4 is 5.32 Å². The first kappa shape index (κ1) is 13.5. The van der Waals surface area contributed by atoms with Gasteiger partial charge in [0.05, 0.1) is 6.10 Å². The van der Waals surface area contributed by atoms with Crippen molar-refractivity contribution in [3.8, 4) is 0 Å². The molecule has 0 aromatic heterocycles. The molecule has 1 rings (SSSR count). The van der Waals surface area contributed by atoms with Gasteiger partial charge in [0.2, 0.25) is 0 Å². The Labute approximate surface area is 97.4 Å².